The summed E-state index contributed by atoms with van der Waals surface area (Å²) in [6, 6.07) is 7.08. The average Bonchev–Trinajstić information content (AvgIpc) is 3.16. The number of hydrogen-bond donors (Lipinski definition) is 1. The van der Waals surface area contributed by atoms with Crippen LogP contribution in [0, 0.1) is 0 Å². The van der Waals surface area contributed by atoms with Gasteiger partial charge in [0.1, 0.15) is 17.9 Å². The first-order valence-electron chi connectivity index (χ1n) is 7.48. The van der Waals surface area contributed by atoms with Gasteiger partial charge in [-0.15, -0.1) is 0 Å². The molecule has 1 aromatic carbocycles. The van der Waals surface area contributed by atoms with Gasteiger partial charge in [0.05, 0.1) is 30.7 Å². The average molecular weight is 346 g/mol. The highest BCUT2D eigenvalue weighted by atomic mass is 19.4. The zero-order valence-corrected chi connectivity index (χ0v) is 13.1. The van der Waals surface area contributed by atoms with Crippen molar-refractivity contribution in [3.8, 4) is 16.9 Å². The van der Waals surface area contributed by atoms with Gasteiger partial charge in [-0.1, -0.05) is 6.07 Å². The smallest absolute Gasteiger partial charge is 0.406 e. The first kappa shape index (κ1) is 15.5. The molecule has 1 N–H and O–H groups in total. The van der Waals surface area contributed by atoms with Crippen molar-refractivity contribution in [2.75, 3.05) is 7.11 Å². The molecule has 3 heterocycles. The number of imidazole rings is 1. The fourth-order valence-corrected chi connectivity index (χ4v) is 2.88. The Morgan fingerprint density at radius 2 is 2.04 bits per heavy atom. The Morgan fingerprint density at radius 3 is 2.80 bits per heavy atom. The van der Waals surface area contributed by atoms with E-state index in [4.69, 9.17) is 4.74 Å². The molecule has 0 aliphatic heterocycles. The molecule has 0 bridgehead atoms. The van der Waals surface area contributed by atoms with E-state index in [1.807, 2.05) is 12.1 Å². The van der Waals surface area contributed by atoms with Crippen LogP contribution < -0.4 is 4.74 Å². The van der Waals surface area contributed by atoms with Crippen LogP contribution in [0.1, 0.15) is 0 Å². The number of methoxy groups -OCH3 is 1. The molecule has 5 nitrogen and oxygen atoms in total. The first-order valence-corrected chi connectivity index (χ1v) is 7.48. The highest BCUT2D eigenvalue weighted by Gasteiger charge is 2.28. The molecule has 0 unspecified atom stereocenters. The van der Waals surface area contributed by atoms with Crippen molar-refractivity contribution in [2.45, 2.75) is 12.7 Å². The molecule has 128 valence electrons. The second-order valence-corrected chi connectivity index (χ2v) is 5.66. The van der Waals surface area contributed by atoms with E-state index in [-0.39, 0.29) is 0 Å². The maximum absolute atomic E-state index is 12.7. The normalized spacial score (nSPS) is 12.2. The molecular formula is C17H13F3N4O. The van der Waals surface area contributed by atoms with Gasteiger partial charge < -0.3 is 14.3 Å². The van der Waals surface area contributed by atoms with Crippen LogP contribution in [-0.2, 0) is 6.54 Å². The number of nitrogens with zero attached hydrogens (tertiary/aromatic N) is 3. The Bertz CT molecular complexity index is 1060. The highest BCUT2D eigenvalue weighted by molar-refractivity contribution is 5.96. The largest absolute Gasteiger partial charge is 0.495 e. The van der Waals surface area contributed by atoms with Crippen LogP contribution >= 0.6 is 0 Å². The van der Waals surface area contributed by atoms with Crippen molar-refractivity contribution in [1.29, 1.82) is 0 Å². The molecule has 0 spiro atoms. The van der Waals surface area contributed by atoms with Crippen molar-refractivity contribution < 1.29 is 17.9 Å². The second-order valence-electron chi connectivity index (χ2n) is 5.66. The van der Waals surface area contributed by atoms with Gasteiger partial charge in [0.25, 0.3) is 0 Å². The SMILES string of the molecule is COc1cnc2[nH]cc(-c3ccc4ncn(CC(F)(F)F)c4c3)c2c1. The van der Waals surface area contributed by atoms with Crippen LogP contribution in [0.2, 0.25) is 0 Å². The number of ether oxygens (including phenoxy) is 1. The van der Waals surface area contributed by atoms with Gasteiger partial charge in [0, 0.05) is 17.1 Å². The maximum Gasteiger partial charge on any atom is 0.406 e. The Morgan fingerprint density at radius 1 is 1.20 bits per heavy atom. The number of nitrogens with one attached hydrogen (secondary N) is 1. The van der Waals surface area contributed by atoms with Crippen LogP contribution in [0.5, 0.6) is 5.75 Å². The van der Waals surface area contributed by atoms with E-state index in [1.165, 1.54) is 6.33 Å². The summed E-state index contributed by atoms with van der Waals surface area (Å²) in [5, 5.41) is 0.834. The minimum atomic E-state index is -4.30. The minimum absolute atomic E-state index is 0.431. The van der Waals surface area contributed by atoms with Gasteiger partial charge in [-0.05, 0) is 23.8 Å². The highest BCUT2D eigenvalue weighted by Crippen LogP contribution is 2.32. The fourth-order valence-electron chi connectivity index (χ4n) is 2.88. The summed E-state index contributed by atoms with van der Waals surface area (Å²) < 4.78 is 44.5. The third kappa shape index (κ3) is 2.79. The molecule has 4 aromatic rings. The number of aromatic nitrogens is 4. The first-order chi connectivity index (χ1) is 11.9. The number of pyridine rings is 1. The van der Waals surface area contributed by atoms with Gasteiger partial charge in [-0.2, -0.15) is 13.2 Å². The quantitative estimate of drug-likeness (QED) is 0.606. The van der Waals surface area contributed by atoms with E-state index < -0.39 is 12.7 Å². The van der Waals surface area contributed by atoms with Crippen molar-refractivity contribution in [2.24, 2.45) is 0 Å². The van der Waals surface area contributed by atoms with Gasteiger partial charge in [-0.25, -0.2) is 9.97 Å². The molecule has 0 saturated heterocycles. The van der Waals surface area contributed by atoms with Crippen molar-refractivity contribution >= 4 is 22.1 Å². The Labute approximate surface area is 140 Å². The van der Waals surface area contributed by atoms with E-state index in [1.54, 1.807) is 31.6 Å². The Balaban J connectivity index is 1.85. The van der Waals surface area contributed by atoms with Gasteiger partial charge in [0.2, 0.25) is 0 Å². The summed E-state index contributed by atoms with van der Waals surface area (Å²) in [5.74, 6) is 0.608. The van der Waals surface area contributed by atoms with Gasteiger partial charge in [0.15, 0.2) is 0 Å². The summed E-state index contributed by atoms with van der Waals surface area (Å²) in [6.07, 6.45) is 0.288. The molecule has 25 heavy (non-hydrogen) atoms. The summed E-state index contributed by atoms with van der Waals surface area (Å²) in [6.45, 7) is -1.07. The molecule has 0 fully saturated rings. The Hall–Kier alpha value is -3.03. The summed E-state index contributed by atoms with van der Waals surface area (Å²) in [4.78, 5) is 11.4. The molecule has 0 radical (unpaired) electrons. The lowest BCUT2D eigenvalue weighted by Gasteiger charge is -2.09. The number of H-pyrrole nitrogens is 1. The predicted octanol–water partition coefficient (Wildman–Crippen LogP) is 4.15. The number of rotatable bonds is 3. The molecule has 0 atom stereocenters. The molecule has 3 aromatic heterocycles. The van der Waals surface area contributed by atoms with E-state index >= 15 is 0 Å². The fraction of sp³-hybridized carbons (Fsp3) is 0.176. The monoisotopic (exact) mass is 346 g/mol. The lowest BCUT2D eigenvalue weighted by atomic mass is 10.1. The summed E-state index contributed by atoms with van der Waals surface area (Å²) >= 11 is 0. The van der Waals surface area contributed by atoms with Crippen LogP contribution in [0.3, 0.4) is 0 Å². The molecular weight excluding hydrogens is 333 g/mol. The molecule has 4 rings (SSSR count). The molecule has 0 aliphatic rings. The number of hydrogen-bond acceptors (Lipinski definition) is 3. The lowest BCUT2D eigenvalue weighted by molar-refractivity contribution is -0.139. The van der Waals surface area contributed by atoms with Crippen molar-refractivity contribution in [3.63, 3.8) is 0 Å². The van der Waals surface area contributed by atoms with Crippen LogP contribution in [-0.4, -0.2) is 32.8 Å². The molecule has 0 saturated carbocycles. The van der Waals surface area contributed by atoms with E-state index in [9.17, 15) is 13.2 Å². The van der Waals surface area contributed by atoms with Crippen molar-refractivity contribution in [3.05, 3.63) is 43.0 Å². The zero-order chi connectivity index (χ0) is 17.6. The standard InChI is InChI=1S/C17H13F3N4O/c1-25-11-5-12-13(7-22-16(12)21-6-11)10-2-3-14-15(4-10)24(9-23-14)8-17(18,19)20/h2-7,9H,8H2,1H3,(H,21,22). The topological polar surface area (TPSA) is 55.7 Å². The van der Waals surface area contributed by atoms with E-state index in [2.05, 4.69) is 15.0 Å². The lowest BCUT2D eigenvalue weighted by Crippen LogP contribution is -2.16. The zero-order valence-electron chi connectivity index (χ0n) is 13.1. The number of alkyl halides is 3. The molecule has 0 amide bonds. The molecule has 0 aliphatic carbocycles. The number of halogens is 3. The number of aromatic amines is 1. The maximum atomic E-state index is 12.7. The summed E-state index contributed by atoms with van der Waals surface area (Å²) in [5.41, 5.74) is 3.24. The third-order valence-electron chi connectivity index (χ3n) is 4.02. The van der Waals surface area contributed by atoms with Gasteiger partial charge in [-0.3, -0.25) is 0 Å². The number of fused-ring (bicyclic) bond motifs is 2. The van der Waals surface area contributed by atoms with Crippen LogP contribution in [0.15, 0.2) is 43.0 Å². The molecule has 8 heteroatoms. The van der Waals surface area contributed by atoms with Crippen LogP contribution in [0.4, 0.5) is 13.2 Å². The predicted molar refractivity (Wildman–Crippen MR) is 87.4 cm³/mol. The Kier molecular flexibility index (Phi) is 3.41. The van der Waals surface area contributed by atoms with E-state index in [0.29, 0.717) is 22.4 Å². The van der Waals surface area contributed by atoms with Gasteiger partial charge >= 0.3 is 6.18 Å². The second kappa shape index (κ2) is 5.51. The van der Waals surface area contributed by atoms with E-state index in [0.717, 1.165) is 21.1 Å². The number of benzene rings is 1. The van der Waals surface area contributed by atoms with Crippen molar-refractivity contribution in [1.82, 2.24) is 19.5 Å². The third-order valence-corrected chi connectivity index (χ3v) is 4.02. The minimum Gasteiger partial charge on any atom is -0.495 e. The summed E-state index contributed by atoms with van der Waals surface area (Å²) in [7, 11) is 1.55. The van der Waals surface area contributed by atoms with Crippen LogP contribution in [0.25, 0.3) is 33.2 Å².